The first-order chi connectivity index (χ1) is 10.4. The number of carbonyl (C=O) groups excluding carboxylic acids is 1. The van der Waals surface area contributed by atoms with Crippen molar-refractivity contribution in [1.82, 2.24) is 10.3 Å². The SMILES string of the molecule is CC[C@@H](C)c1ccc(S(=O)(=O)NNC(=O)c2ccco2)cc1. The third-order valence-electron chi connectivity index (χ3n) is 3.42. The first kappa shape index (κ1) is 16.3. The molecule has 0 saturated carbocycles. The van der Waals surface area contributed by atoms with Gasteiger partial charge in [-0.25, -0.2) is 8.42 Å². The van der Waals surface area contributed by atoms with Gasteiger partial charge in [-0.3, -0.25) is 10.2 Å². The molecule has 0 aliphatic heterocycles. The number of amides is 1. The third kappa shape index (κ3) is 3.75. The highest BCUT2D eigenvalue weighted by Crippen LogP contribution is 2.20. The minimum atomic E-state index is -3.82. The van der Waals surface area contributed by atoms with Gasteiger partial charge in [0.1, 0.15) is 0 Å². The Morgan fingerprint density at radius 1 is 1.23 bits per heavy atom. The summed E-state index contributed by atoms with van der Waals surface area (Å²) >= 11 is 0. The summed E-state index contributed by atoms with van der Waals surface area (Å²) < 4.78 is 29.1. The molecule has 0 aliphatic carbocycles. The van der Waals surface area contributed by atoms with Crippen molar-refractivity contribution in [2.75, 3.05) is 0 Å². The lowest BCUT2D eigenvalue weighted by Crippen LogP contribution is -2.41. The summed E-state index contributed by atoms with van der Waals surface area (Å²) in [6.45, 7) is 4.15. The Bertz CT molecular complexity index is 721. The van der Waals surface area contributed by atoms with E-state index < -0.39 is 15.9 Å². The molecule has 1 aromatic carbocycles. The molecule has 0 unspecified atom stereocenters. The zero-order valence-corrected chi connectivity index (χ0v) is 13.2. The number of hydrazine groups is 1. The molecule has 22 heavy (non-hydrogen) atoms. The molecule has 0 radical (unpaired) electrons. The molecule has 1 atom stereocenters. The second-order valence-corrected chi connectivity index (χ2v) is 6.60. The number of rotatable bonds is 6. The number of benzene rings is 1. The van der Waals surface area contributed by atoms with Crippen LogP contribution in [-0.4, -0.2) is 14.3 Å². The quantitative estimate of drug-likeness (QED) is 0.799. The third-order valence-corrected chi connectivity index (χ3v) is 4.68. The predicted octanol–water partition coefficient (Wildman–Crippen LogP) is 2.42. The fourth-order valence-electron chi connectivity index (χ4n) is 1.85. The first-order valence-corrected chi connectivity index (χ1v) is 8.38. The number of nitrogens with one attached hydrogen (secondary N) is 2. The second kappa shape index (κ2) is 6.76. The van der Waals surface area contributed by atoms with E-state index in [1.807, 2.05) is 4.83 Å². The Morgan fingerprint density at radius 3 is 2.45 bits per heavy atom. The highest BCUT2D eigenvalue weighted by molar-refractivity contribution is 7.89. The molecule has 0 aliphatic rings. The summed E-state index contributed by atoms with van der Waals surface area (Å²) in [4.78, 5) is 13.8. The average molecular weight is 322 g/mol. The van der Waals surface area contributed by atoms with Crippen LogP contribution in [0.1, 0.15) is 42.3 Å². The molecular weight excluding hydrogens is 304 g/mol. The van der Waals surface area contributed by atoms with Crippen molar-refractivity contribution in [3.05, 3.63) is 54.0 Å². The van der Waals surface area contributed by atoms with Gasteiger partial charge < -0.3 is 4.42 Å². The topological polar surface area (TPSA) is 88.4 Å². The smallest absolute Gasteiger partial charge is 0.301 e. The molecule has 6 nitrogen and oxygen atoms in total. The van der Waals surface area contributed by atoms with Gasteiger partial charge in [-0.05, 0) is 42.2 Å². The van der Waals surface area contributed by atoms with Gasteiger partial charge in [-0.15, -0.1) is 4.83 Å². The summed E-state index contributed by atoms with van der Waals surface area (Å²) in [5, 5.41) is 0. The molecule has 2 rings (SSSR count). The Labute approximate surface area is 129 Å². The fourth-order valence-corrected chi connectivity index (χ4v) is 2.69. The maximum Gasteiger partial charge on any atom is 0.301 e. The summed E-state index contributed by atoms with van der Waals surface area (Å²) in [7, 11) is -3.82. The number of furan rings is 1. The minimum absolute atomic E-state index is 0.0230. The summed E-state index contributed by atoms with van der Waals surface area (Å²) in [5.74, 6) is -0.275. The van der Waals surface area contributed by atoms with E-state index in [1.54, 1.807) is 12.1 Å². The Morgan fingerprint density at radius 2 is 1.91 bits per heavy atom. The number of hydrogen-bond donors (Lipinski definition) is 2. The van der Waals surface area contributed by atoms with Gasteiger partial charge in [0.2, 0.25) is 0 Å². The lowest BCUT2D eigenvalue weighted by molar-refractivity contribution is 0.0917. The molecule has 0 fully saturated rings. The molecule has 1 heterocycles. The van der Waals surface area contributed by atoms with Crippen LogP contribution in [-0.2, 0) is 10.0 Å². The van der Waals surface area contributed by atoms with E-state index in [0.717, 1.165) is 12.0 Å². The second-order valence-electron chi connectivity index (χ2n) is 4.92. The van der Waals surface area contributed by atoms with Crippen LogP contribution in [0.4, 0.5) is 0 Å². The van der Waals surface area contributed by atoms with Gasteiger partial charge in [0, 0.05) is 0 Å². The highest BCUT2D eigenvalue weighted by Gasteiger charge is 2.17. The van der Waals surface area contributed by atoms with E-state index in [9.17, 15) is 13.2 Å². The molecule has 2 N–H and O–H groups in total. The van der Waals surface area contributed by atoms with Crippen LogP contribution in [0.25, 0.3) is 0 Å². The molecule has 0 spiro atoms. The molecule has 0 saturated heterocycles. The zero-order valence-electron chi connectivity index (χ0n) is 12.4. The number of sulfonamides is 1. The van der Waals surface area contributed by atoms with Crippen LogP contribution in [0.15, 0.2) is 52.0 Å². The van der Waals surface area contributed by atoms with Crippen molar-refractivity contribution in [3.8, 4) is 0 Å². The van der Waals surface area contributed by atoms with Gasteiger partial charge in [0.25, 0.3) is 10.0 Å². The lowest BCUT2D eigenvalue weighted by atomic mass is 9.99. The summed E-state index contributed by atoms with van der Waals surface area (Å²) in [6, 6.07) is 9.56. The molecule has 0 bridgehead atoms. The van der Waals surface area contributed by atoms with Crippen molar-refractivity contribution in [2.45, 2.75) is 31.1 Å². The first-order valence-electron chi connectivity index (χ1n) is 6.89. The van der Waals surface area contributed by atoms with Crippen LogP contribution < -0.4 is 10.3 Å². The molecule has 1 aromatic heterocycles. The van der Waals surface area contributed by atoms with Crippen molar-refractivity contribution in [1.29, 1.82) is 0 Å². The van der Waals surface area contributed by atoms with Gasteiger partial charge in [-0.2, -0.15) is 0 Å². The Kier molecular flexibility index (Phi) is 4.99. The monoisotopic (exact) mass is 322 g/mol. The van der Waals surface area contributed by atoms with E-state index in [1.165, 1.54) is 30.5 Å². The van der Waals surface area contributed by atoms with Crippen molar-refractivity contribution < 1.29 is 17.6 Å². The summed E-state index contributed by atoms with van der Waals surface area (Å²) in [6.07, 6.45) is 2.31. The normalized spacial score (nSPS) is 12.8. The predicted molar refractivity (Wildman–Crippen MR) is 81.6 cm³/mol. The van der Waals surface area contributed by atoms with Crippen molar-refractivity contribution >= 4 is 15.9 Å². The van der Waals surface area contributed by atoms with Gasteiger partial charge in [-0.1, -0.05) is 26.0 Å². The zero-order chi connectivity index (χ0) is 16.2. The van der Waals surface area contributed by atoms with Crippen molar-refractivity contribution in [3.63, 3.8) is 0 Å². The van der Waals surface area contributed by atoms with Gasteiger partial charge >= 0.3 is 5.91 Å². The maximum atomic E-state index is 12.1. The minimum Gasteiger partial charge on any atom is -0.459 e. The maximum absolute atomic E-state index is 12.1. The molecule has 118 valence electrons. The van der Waals surface area contributed by atoms with E-state index in [-0.39, 0.29) is 10.7 Å². The molecule has 7 heteroatoms. The van der Waals surface area contributed by atoms with Crippen LogP contribution >= 0.6 is 0 Å². The average Bonchev–Trinajstić information content (AvgIpc) is 3.06. The van der Waals surface area contributed by atoms with Crippen LogP contribution in [0.2, 0.25) is 0 Å². The van der Waals surface area contributed by atoms with E-state index >= 15 is 0 Å². The molecular formula is C15H18N2O4S. The Balaban J connectivity index is 2.05. The Hall–Kier alpha value is -2.12. The largest absolute Gasteiger partial charge is 0.459 e. The number of hydrogen-bond acceptors (Lipinski definition) is 4. The van der Waals surface area contributed by atoms with Crippen molar-refractivity contribution in [2.24, 2.45) is 0 Å². The van der Waals surface area contributed by atoms with Gasteiger partial charge in [0.05, 0.1) is 11.2 Å². The fraction of sp³-hybridized carbons (Fsp3) is 0.267. The van der Waals surface area contributed by atoms with Crippen LogP contribution in [0, 0.1) is 0 Å². The number of carbonyl (C=O) groups is 1. The van der Waals surface area contributed by atoms with E-state index in [4.69, 9.17) is 4.42 Å². The van der Waals surface area contributed by atoms with Crippen LogP contribution in [0.3, 0.4) is 0 Å². The van der Waals surface area contributed by atoms with Crippen LogP contribution in [0.5, 0.6) is 0 Å². The standard InChI is InChI=1S/C15H18N2O4S/c1-3-11(2)12-6-8-13(9-7-12)22(19,20)17-16-15(18)14-5-4-10-21-14/h4-11,17H,3H2,1-2H3,(H,16,18)/t11-/m1/s1. The highest BCUT2D eigenvalue weighted by atomic mass is 32.2. The van der Waals surface area contributed by atoms with E-state index in [2.05, 4.69) is 19.3 Å². The molecule has 1 amide bonds. The summed E-state index contributed by atoms with van der Waals surface area (Å²) in [5.41, 5.74) is 3.17. The van der Waals surface area contributed by atoms with Gasteiger partial charge in [0.15, 0.2) is 5.76 Å². The molecule has 2 aromatic rings. The van der Waals surface area contributed by atoms with E-state index in [0.29, 0.717) is 5.92 Å². The lowest BCUT2D eigenvalue weighted by Gasteiger charge is -2.11.